The Kier molecular flexibility index (Phi) is 4.97. The van der Waals surface area contributed by atoms with E-state index in [0.717, 1.165) is 12.1 Å². The van der Waals surface area contributed by atoms with Gasteiger partial charge in [-0.25, -0.2) is 4.39 Å². The van der Waals surface area contributed by atoms with Crippen LogP contribution in [0, 0.1) is 22.9 Å². The van der Waals surface area contributed by atoms with Crippen molar-refractivity contribution in [1.82, 2.24) is 0 Å². The maximum atomic E-state index is 13.9. The highest BCUT2D eigenvalue weighted by Gasteiger charge is 2.17. The van der Waals surface area contributed by atoms with Gasteiger partial charge in [-0.1, -0.05) is 0 Å². The van der Waals surface area contributed by atoms with E-state index in [1.54, 1.807) is 0 Å². The van der Waals surface area contributed by atoms with E-state index < -0.39 is 22.6 Å². The van der Waals surface area contributed by atoms with Gasteiger partial charge in [-0.2, -0.15) is 0 Å². The van der Waals surface area contributed by atoms with Gasteiger partial charge in [0, 0.05) is 40.6 Å². The van der Waals surface area contributed by atoms with Gasteiger partial charge < -0.3 is 16.8 Å². The van der Waals surface area contributed by atoms with Crippen LogP contribution in [0.4, 0.5) is 15.8 Å². The largest absolute Gasteiger partial charge is 0.380 e. The number of carbonyl (C=O) groups excluding carboxylic acids is 2. The zero-order chi connectivity index (χ0) is 18.7. The van der Waals surface area contributed by atoms with Crippen molar-refractivity contribution < 1.29 is 18.9 Å². The number of amides is 2. The van der Waals surface area contributed by atoms with Gasteiger partial charge in [0.05, 0.1) is 4.92 Å². The van der Waals surface area contributed by atoms with Crippen LogP contribution >= 0.6 is 0 Å². The number of nitrogens with one attached hydrogen (secondary N) is 1. The third kappa shape index (κ3) is 3.89. The van der Waals surface area contributed by atoms with Gasteiger partial charge in [0.1, 0.15) is 5.82 Å². The van der Waals surface area contributed by atoms with Crippen molar-refractivity contribution in [3.8, 4) is 0 Å². The number of nitro benzene ring substituents is 1. The molecule has 0 atom stereocenters. The number of primary amides is 2. The van der Waals surface area contributed by atoms with Gasteiger partial charge in [0.25, 0.3) is 5.69 Å². The van der Waals surface area contributed by atoms with Crippen molar-refractivity contribution in [3.63, 3.8) is 0 Å². The van der Waals surface area contributed by atoms with Gasteiger partial charge in [0.15, 0.2) is 0 Å². The standard InChI is InChI=1S/C16H15FN4O4/c1-8-12(17)4-11(16(19)23)5-13(8)20-7-10-3-2-9(15(18)22)6-14(10)21(24)25/h2-6,20H,7H2,1H3,(H2,18,22)(H2,19,23). The van der Waals surface area contributed by atoms with Crippen molar-refractivity contribution in [2.75, 3.05) is 5.32 Å². The molecule has 0 saturated heterocycles. The zero-order valence-electron chi connectivity index (χ0n) is 13.2. The predicted molar refractivity (Wildman–Crippen MR) is 88.6 cm³/mol. The van der Waals surface area contributed by atoms with E-state index in [1.807, 2.05) is 0 Å². The molecule has 0 heterocycles. The smallest absolute Gasteiger partial charge is 0.275 e. The second-order valence-electron chi connectivity index (χ2n) is 5.31. The lowest BCUT2D eigenvalue weighted by atomic mass is 10.1. The van der Waals surface area contributed by atoms with Gasteiger partial charge in [-0.3, -0.25) is 19.7 Å². The first-order chi connectivity index (χ1) is 11.7. The normalized spacial score (nSPS) is 10.3. The van der Waals surface area contributed by atoms with Crippen LogP contribution in [0.3, 0.4) is 0 Å². The van der Waals surface area contributed by atoms with Crippen molar-refractivity contribution in [1.29, 1.82) is 0 Å². The first-order valence-electron chi connectivity index (χ1n) is 7.11. The number of carbonyl (C=O) groups is 2. The first kappa shape index (κ1) is 17.9. The molecule has 130 valence electrons. The minimum absolute atomic E-state index is 0.00778. The number of hydrogen-bond donors (Lipinski definition) is 3. The van der Waals surface area contributed by atoms with Crippen LogP contribution in [0.5, 0.6) is 0 Å². The molecule has 2 rings (SSSR count). The van der Waals surface area contributed by atoms with Crippen LogP contribution in [0.15, 0.2) is 30.3 Å². The quantitative estimate of drug-likeness (QED) is 0.540. The monoisotopic (exact) mass is 346 g/mol. The molecule has 0 aromatic heterocycles. The Morgan fingerprint density at radius 1 is 1.16 bits per heavy atom. The van der Waals surface area contributed by atoms with E-state index in [2.05, 4.69) is 5.32 Å². The topological polar surface area (TPSA) is 141 Å². The van der Waals surface area contributed by atoms with E-state index in [4.69, 9.17) is 11.5 Å². The molecule has 0 fully saturated rings. The van der Waals surface area contributed by atoms with Crippen molar-refractivity contribution in [2.45, 2.75) is 13.5 Å². The molecule has 2 aromatic carbocycles. The van der Waals surface area contributed by atoms with Crippen LogP contribution in [-0.4, -0.2) is 16.7 Å². The molecule has 9 heteroatoms. The molecule has 0 aliphatic heterocycles. The number of rotatable bonds is 6. The summed E-state index contributed by atoms with van der Waals surface area (Å²) in [6.45, 7) is 1.46. The molecule has 0 spiro atoms. The molecule has 0 bridgehead atoms. The molecule has 0 aliphatic carbocycles. The van der Waals surface area contributed by atoms with Crippen LogP contribution in [-0.2, 0) is 6.54 Å². The summed E-state index contributed by atoms with van der Waals surface area (Å²) in [7, 11) is 0. The number of halogens is 1. The van der Waals surface area contributed by atoms with E-state index in [9.17, 15) is 24.1 Å². The average Bonchev–Trinajstić information content (AvgIpc) is 2.55. The molecular formula is C16H15FN4O4. The Hall–Kier alpha value is -3.49. The predicted octanol–water partition coefficient (Wildman–Crippen LogP) is 1.85. The maximum absolute atomic E-state index is 13.9. The molecular weight excluding hydrogens is 331 g/mol. The molecule has 0 unspecified atom stereocenters. The van der Waals surface area contributed by atoms with E-state index in [-0.39, 0.29) is 40.2 Å². The molecule has 0 saturated carbocycles. The highest BCUT2D eigenvalue weighted by molar-refractivity contribution is 5.94. The third-order valence-corrected chi connectivity index (χ3v) is 3.66. The number of anilines is 1. The number of nitrogens with zero attached hydrogens (tertiary/aromatic N) is 1. The molecule has 0 aliphatic rings. The Labute approximate surface area is 141 Å². The highest BCUT2D eigenvalue weighted by Crippen LogP contribution is 2.24. The number of benzene rings is 2. The average molecular weight is 346 g/mol. The lowest BCUT2D eigenvalue weighted by Crippen LogP contribution is -2.14. The van der Waals surface area contributed by atoms with E-state index >= 15 is 0 Å². The Balaban J connectivity index is 2.34. The summed E-state index contributed by atoms with van der Waals surface area (Å²) in [5.41, 5.74) is 10.7. The summed E-state index contributed by atoms with van der Waals surface area (Å²) in [5.74, 6) is -2.20. The summed E-state index contributed by atoms with van der Waals surface area (Å²) >= 11 is 0. The Bertz CT molecular complexity index is 883. The van der Waals surface area contributed by atoms with Gasteiger partial charge in [0.2, 0.25) is 11.8 Å². The molecule has 8 nitrogen and oxygen atoms in total. The summed E-state index contributed by atoms with van der Waals surface area (Å²) < 4.78 is 13.9. The van der Waals surface area contributed by atoms with Crippen LogP contribution in [0.1, 0.15) is 31.8 Å². The Morgan fingerprint density at radius 2 is 1.80 bits per heavy atom. The number of nitro groups is 1. The Morgan fingerprint density at radius 3 is 2.36 bits per heavy atom. The zero-order valence-corrected chi connectivity index (χ0v) is 13.2. The number of hydrogen-bond acceptors (Lipinski definition) is 5. The minimum Gasteiger partial charge on any atom is -0.380 e. The highest BCUT2D eigenvalue weighted by atomic mass is 19.1. The molecule has 2 aromatic rings. The molecule has 25 heavy (non-hydrogen) atoms. The lowest BCUT2D eigenvalue weighted by molar-refractivity contribution is -0.385. The molecule has 2 amide bonds. The number of nitrogens with two attached hydrogens (primary N) is 2. The second-order valence-corrected chi connectivity index (χ2v) is 5.31. The van der Waals surface area contributed by atoms with Gasteiger partial charge >= 0.3 is 0 Å². The lowest BCUT2D eigenvalue weighted by Gasteiger charge is -2.12. The van der Waals surface area contributed by atoms with Crippen LogP contribution < -0.4 is 16.8 Å². The summed E-state index contributed by atoms with van der Waals surface area (Å²) in [6.07, 6.45) is 0. The summed E-state index contributed by atoms with van der Waals surface area (Å²) in [4.78, 5) is 32.9. The maximum Gasteiger partial charge on any atom is 0.275 e. The first-order valence-corrected chi connectivity index (χ1v) is 7.11. The van der Waals surface area contributed by atoms with Gasteiger partial charge in [-0.05, 0) is 31.2 Å². The van der Waals surface area contributed by atoms with Crippen LogP contribution in [0.25, 0.3) is 0 Å². The fraction of sp³-hybridized carbons (Fsp3) is 0.125. The second kappa shape index (κ2) is 6.95. The van der Waals surface area contributed by atoms with Crippen molar-refractivity contribution in [2.24, 2.45) is 11.5 Å². The van der Waals surface area contributed by atoms with E-state index in [1.165, 1.54) is 25.1 Å². The summed E-state index contributed by atoms with van der Waals surface area (Å²) in [6, 6.07) is 6.21. The summed E-state index contributed by atoms with van der Waals surface area (Å²) in [5, 5.41) is 14.0. The molecule has 0 radical (unpaired) electrons. The van der Waals surface area contributed by atoms with E-state index in [0.29, 0.717) is 0 Å². The SMILES string of the molecule is Cc1c(F)cc(C(N)=O)cc1NCc1ccc(C(N)=O)cc1[N+](=O)[O-]. The van der Waals surface area contributed by atoms with Gasteiger partial charge in [-0.15, -0.1) is 0 Å². The fourth-order valence-electron chi connectivity index (χ4n) is 2.23. The van der Waals surface area contributed by atoms with Crippen LogP contribution in [0.2, 0.25) is 0 Å². The molecule has 5 N–H and O–H groups in total. The third-order valence-electron chi connectivity index (χ3n) is 3.66. The van der Waals surface area contributed by atoms with Crippen molar-refractivity contribution >= 4 is 23.2 Å². The fourth-order valence-corrected chi connectivity index (χ4v) is 2.23. The minimum atomic E-state index is -0.793. The van der Waals surface area contributed by atoms with Crippen molar-refractivity contribution in [3.05, 3.63) is 68.5 Å².